The second-order valence-corrected chi connectivity index (χ2v) is 2.69. The van der Waals surface area contributed by atoms with Gasteiger partial charge in [-0.1, -0.05) is 0 Å². The van der Waals surface area contributed by atoms with Crippen molar-refractivity contribution >= 4 is 5.82 Å². The highest BCUT2D eigenvalue weighted by molar-refractivity contribution is 5.59. The third-order valence-electron chi connectivity index (χ3n) is 1.64. The van der Waals surface area contributed by atoms with Gasteiger partial charge in [-0.25, -0.2) is 4.98 Å². The van der Waals surface area contributed by atoms with Gasteiger partial charge < -0.3 is 15.6 Å². The van der Waals surface area contributed by atoms with Gasteiger partial charge in [0.2, 0.25) is 0 Å². The van der Waals surface area contributed by atoms with E-state index < -0.39 is 30.1 Å². The molecule has 0 aliphatic carbocycles. The number of halogens is 3. The van der Waals surface area contributed by atoms with Crippen LogP contribution in [0.25, 0.3) is 0 Å². The van der Waals surface area contributed by atoms with Crippen molar-refractivity contribution in [3.05, 3.63) is 17.3 Å². The average molecular weight is 233 g/mol. The fourth-order valence-corrected chi connectivity index (χ4v) is 1.01. The molecular weight excluding hydrogens is 227 g/mol. The van der Waals surface area contributed by atoms with E-state index in [1.807, 2.05) is 0 Å². The first-order valence-corrected chi connectivity index (χ1v) is 3.93. The number of pyridine rings is 1. The summed E-state index contributed by atoms with van der Waals surface area (Å²) in [5.74, 6) is -1.45. The number of nitrogens with zero attached hydrogens (tertiary/aromatic N) is 2. The van der Waals surface area contributed by atoms with Crippen LogP contribution in [0.4, 0.5) is 19.0 Å². The van der Waals surface area contributed by atoms with Crippen LogP contribution >= 0.6 is 0 Å². The predicted octanol–water partition coefficient (Wildman–Crippen LogP) is 0.926. The number of hydrogen-bond acceptors (Lipinski definition) is 5. The van der Waals surface area contributed by atoms with Crippen LogP contribution in [-0.2, 0) is 6.61 Å². The van der Waals surface area contributed by atoms with Gasteiger partial charge in [-0.05, 0) is 0 Å². The van der Waals surface area contributed by atoms with Crippen molar-refractivity contribution in [3.8, 4) is 11.8 Å². The molecule has 0 saturated carbocycles. The van der Waals surface area contributed by atoms with Crippen molar-refractivity contribution < 1.29 is 23.0 Å². The summed E-state index contributed by atoms with van der Waals surface area (Å²) in [6.07, 6.45) is -3.97. The fraction of sp³-hybridized carbons (Fsp3) is 0.250. The van der Waals surface area contributed by atoms with Crippen LogP contribution in [0.15, 0.2) is 6.20 Å². The Bertz CT molecular complexity index is 439. The number of alkyl halides is 3. The summed E-state index contributed by atoms with van der Waals surface area (Å²) in [6.45, 7) is -0.635. The number of ether oxygens (including phenoxy) is 1. The third-order valence-corrected chi connectivity index (χ3v) is 1.64. The zero-order chi connectivity index (χ0) is 12.3. The molecule has 0 saturated heterocycles. The summed E-state index contributed by atoms with van der Waals surface area (Å²) in [6, 6.07) is 1.47. The van der Waals surface area contributed by atoms with Crippen molar-refractivity contribution in [2.24, 2.45) is 0 Å². The molecule has 0 spiro atoms. The molecule has 3 N–H and O–H groups in total. The lowest BCUT2D eigenvalue weighted by Crippen LogP contribution is -2.19. The highest BCUT2D eigenvalue weighted by Gasteiger charge is 2.34. The van der Waals surface area contributed by atoms with Crippen LogP contribution in [-0.4, -0.2) is 16.5 Å². The second kappa shape index (κ2) is 4.24. The lowest BCUT2D eigenvalue weighted by Gasteiger charge is -2.13. The lowest BCUT2D eigenvalue weighted by molar-refractivity contribution is -0.274. The topological polar surface area (TPSA) is 92.2 Å². The lowest BCUT2D eigenvalue weighted by atomic mass is 10.1. The van der Waals surface area contributed by atoms with E-state index in [4.69, 9.17) is 16.1 Å². The predicted molar refractivity (Wildman–Crippen MR) is 46.0 cm³/mol. The zero-order valence-corrected chi connectivity index (χ0v) is 7.75. The van der Waals surface area contributed by atoms with Crippen LogP contribution < -0.4 is 10.5 Å². The van der Waals surface area contributed by atoms with Crippen LogP contribution in [0.2, 0.25) is 0 Å². The maximum atomic E-state index is 12.0. The molecule has 1 aromatic rings. The SMILES string of the molecule is N#Cc1c(CO)cnc(N)c1OC(F)(F)F. The van der Waals surface area contributed by atoms with E-state index in [0.717, 1.165) is 6.20 Å². The molecule has 1 heterocycles. The molecule has 0 unspecified atom stereocenters. The Kier molecular flexibility index (Phi) is 3.20. The molecular formula is C8H6F3N3O2. The second-order valence-electron chi connectivity index (χ2n) is 2.69. The van der Waals surface area contributed by atoms with E-state index in [9.17, 15) is 13.2 Å². The molecule has 0 aliphatic rings. The van der Waals surface area contributed by atoms with Crippen LogP contribution in [0.3, 0.4) is 0 Å². The summed E-state index contributed by atoms with van der Waals surface area (Å²) >= 11 is 0. The van der Waals surface area contributed by atoms with Gasteiger partial charge in [-0.2, -0.15) is 5.26 Å². The van der Waals surface area contributed by atoms with Gasteiger partial charge in [0.15, 0.2) is 11.6 Å². The highest BCUT2D eigenvalue weighted by atomic mass is 19.4. The first-order chi connectivity index (χ1) is 7.39. The van der Waals surface area contributed by atoms with Crippen molar-refractivity contribution in [1.29, 1.82) is 5.26 Å². The molecule has 0 aliphatic heterocycles. The van der Waals surface area contributed by atoms with Gasteiger partial charge in [0.05, 0.1) is 6.61 Å². The maximum Gasteiger partial charge on any atom is 0.573 e. The molecule has 16 heavy (non-hydrogen) atoms. The van der Waals surface area contributed by atoms with E-state index in [1.165, 1.54) is 6.07 Å². The minimum absolute atomic E-state index is 0.0871. The van der Waals surface area contributed by atoms with E-state index >= 15 is 0 Å². The Hall–Kier alpha value is -2.01. The van der Waals surface area contributed by atoms with E-state index in [1.54, 1.807) is 0 Å². The number of nitrogen functional groups attached to an aromatic ring is 1. The molecule has 8 heteroatoms. The van der Waals surface area contributed by atoms with Crippen LogP contribution in [0, 0.1) is 11.3 Å². The van der Waals surface area contributed by atoms with Crippen molar-refractivity contribution in [1.82, 2.24) is 4.98 Å². The normalized spacial score (nSPS) is 10.9. The van der Waals surface area contributed by atoms with Gasteiger partial charge in [-0.3, -0.25) is 0 Å². The average Bonchev–Trinajstić information content (AvgIpc) is 2.19. The van der Waals surface area contributed by atoms with Gasteiger partial charge in [0.25, 0.3) is 0 Å². The number of rotatable bonds is 2. The molecule has 1 aromatic heterocycles. The molecule has 86 valence electrons. The minimum Gasteiger partial charge on any atom is -0.400 e. The van der Waals surface area contributed by atoms with Crippen LogP contribution in [0.1, 0.15) is 11.1 Å². The molecule has 0 amide bonds. The van der Waals surface area contributed by atoms with Crippen molar-refractivity contribution in [2.45, 2.75) is 13.0 Å². The van der Waals surface area contributed by atoms with Gasteiger partial charge in [0.1, 0.15) is 11.6 Å². The first-order valence-electron chi connectivity index (χ1n) is 3.93. The number of aromatic nitrogens is 1. The minimum atomic E-state index is -4.98. The van der Waals surface area contributed by atoms with Crippen molar-refractivity contribution in [2.75, 3.05) is 5.73 Å². The number of hydrogen-bond donors (Lipinski definition) is 2. The largest absolute Gasteiger partial charge is 0.573 e. The number of nitrogens with two attached hydrogens (primary N) is 1. The molecule has 5 nitrogen and oxygen atoms in total. The summed E-state index contributed by atoms with van der Waals surface area (Å²) in [5, 5.41) is 17.5. The van der Waals surface area contributed by atoms with Crippen molar-refractivity contribution in [3.63, 3.8) is 0 Å². The Morgan fingerprint density at radius 1 is 1.56 bits per heavy atom. The number of aliphatic hydroxyl groups is 1. The van der Waals surface area contributed by atoms with Gasteiger partial charge in [-0.15, -0.1) is 13.2 Å². The molecule has 0 atom stereocenters. The summed E-state index contributed by atoms with van der Waals surface area (Å²) < 4.78 is 39.6. The molecule has 0 aromatic carbocycles. The number of anilines is 1. The molecule has 1 rings (SSSR count). The zero-order valence-electron chi connectivity index (χ0n) is 7.75. The van der Waals surface area contributed by atoms with Gasteiger partial charge in [0, 0.05) is 11.8 Å². The Labute approximate surface area is 87.9 Å². The van der Waals surface area contributed by atoms with E-state index in [0.29, 0.717) is 0 Å². The van der Waals surface area contributed by atoms with Crippen LogP contribution in [0.5, 0.6) is 5.75 Å². The maximum absolute atomic E-state index is 12.0. The summed E-state index contributed by atoms with van der Waals surface area (Å²) in [5.41, 5.74) is 4.59. The Morgan fingerprint density at radius 3 is 2.62 bits per heavy atom. The van der Waals surface area contributed by atoms with Gasteiger partial charge >= 0.3 is 6.36 Å². The quantitative estimate of drug-likeness (QED) is 0.792. The smallest absolute Gasteiger partial charge is 0.400 e. The fourth-order valence-electron chi connectivity index (χ4n) is 1.01. The Balaban J connectivity index is 3.31. The summed E-state index contributed by atoms with van der Waals surface area (Å²) in [7, 11) is 0. The molecule has 0 bridgehead atoms. The summed E-state index contributed by atoms with van der Waals surface area (Å²) in [4.78, 5) is 3.38. The standard InChI is InChI=1S/C8H6F3N3O2/c9-8(10,11)16-6-5(1-12)4(3-15)2-14-7(6)13/h2,15H,3H2,(H2,13,14). The molecule has 0 radical (unpaired) electrons. The van der Waals surface area contributed by atoms with E-state index in [-0.39, 0.29) is 5.56 Å². The van der Waals surface area contributed by atoms with E-state index in [2.05, 4.69) is 9.72 Å². The number of aliphatic hydroxyl groups excluding tert-OH is 1. The monoisotopic (exact) mass is 233 g/mol. The molecule has 0 fully saturated rings. The Morgan fingerprint density at radius 2 is 2.19 bits per heavy atom. The highest BCUT2D eigenvalue weighted by Crippen LogP contribution is 2.32. The first kappa shape index (κ1) is 12.1. The third kappa shape index (κ3) is 2.52. The number of nitriles is 1.